The minimum Gasteiger partial charge on any atom is -0.368 e. The van der Waals surface area contributed by atoms with Crippen molar-refractivity contribution < 1.29 is 4.79 Å². The molecule has 0 saturated heterocycles. The van der Waals surface area contributed by atoms with E-state index >= 15 is 0 Å². The number of primary amides is 1. The quantitative estimate of drug-likeness (QED) is 0.860. The Bertz CT molecular complexity index is 525. The summed E-state index contributed by atoms with van der Waals surface area (Å²) in [7, 11) is 1.97. The van der Waals surface area contributed by atoms with Crippen molar-refractivity contribution in [3.8, 4) is 0 Å². The summed E-state index contributed by atoms with van der Waals surface area (Å²) < 4.78 is 1.92. The number of nitrogens with two attached hydrogens (primary N) is 1. The van der Waals surface area contributed by atoms with E-state index in [2.05, 4.69) is 16.5 Å². The van der Waals surface area contributed by atoms with Crippen molar-refractivity contribution >= 4 is 17.7 Å². The van der Waals surface area contributed by atoms with Gasteiger partial charge >= 0.3 is 0 Å². The fraction of sp³-hybridized carbons (Fsp3) is 0.714. The smallest absolute Gasteiger partial charge is 0.237 e. The fourth-order valence-electron chi connectivity index (χ4n) is 3.01. The molecule has 3 rings (SSSR count). The summed E-state index contributed by atoms with van der Waals surface area (Å²) in [6, 6.07) is 2.61. The van der Waals surface area contributed by atoms with Gasteiger partial charge in [-0.15, -0.1) is 11.8 Å². The van der Waals surface area contributed by atoms with Gasteiger partial charge in [-0.25, -0.2) is 0 Å². The first-order valence-electron chi connectivity index (χ1n) is 7.23. The molecule has 5 nitrogen and oxygen atoms in total. The number of aromatic nitrogens is 2. The average molecular weight is 294 g/mol. The summed E-state index contributed by atoms with van der Waals surface area (Å²) in [5, 5.41) is 9.46. The van der Waals surface area contributed by atoms with Crippen molar-refractivity contribution in [3.63, 3.8) is 0 Å². The maximum Gasteiger partial charge on any atom is 0.237 e. The average Bonchev–Trinajstić information content (AvgIpc) is 2.99. The van der Waals surface area contributed by atoms with Gasteiger partial charge in [0.15, 0.2) is 0 Å². The van der Waals surface area contributed by atoms with Crippen molar-refractivity contribution in [1.29, 1.82) is 0 Å². The second kappa shape index (κ2) is 5.07. The zero-order valence-corrected chi connectivity index (χ0v) is 12.9. The molecule has 1 amide bonds. The molecule has 0 radical (unpaired) electrons. The normalized spacial score (nSPS) is 29.8. The summed E-state index contributed by atoms with van der Waals surface area (Å²) >= 11 is 1.82. The molecule has 0 aliphatic heterocycles. The van der Waals surface area contributed by atoms with Crippen LogP contribution in [0.2, 0.25) is 0 Å². The van der Waals surface area contributed by atoms with Crippen LogP contribution in [0.25, 0.3) is 0 Å². The number of hydrogen-bond donors (Lipinski definition) is 2. The number of amides is 1. The monoisotopic (exact) mass is 294 g/mol. The lowest BCUT2D eigenvalue weighted by Crippen LogP contribution is -2.54. The molecule has 2 atom stereocenters. The van der Waals surface area contributed by atoms with Crippen LogP contribution in [-0.2, 0) is 11.8 Å². The van der Waals surface area contributed by atoms with E-state index in [1.165, 1.54) is 17.9 Å². The molecule has 6 heteroatoms. The van der Waals surface area contributed by atoms with E-state index < -0.39 is 5.54 Å². The lowest BCUT2D eigenvalue weighted by Gasteiger charge is -2.27. The van der Waals surface area contributed by atoms with Gasteiger partial charge in [0.05, 0.1) is 16.3 Å². The first kappa shape index (κ1) is 13.9. The summed E-state index contributed by atoms with van der Waals surface area (Å²) in [6.45, 7) is 2.00. The van der Waals surface area contributed by atoms with Gasteiger partial charge in [-0.1, -0.05) is 0 Å². The Kier molecular flexibility index (Phi) is 3.54. The second-order valence-electron chi connectivity index (χ2n) is 6.10. The Morgan fingerprint density at radius 2 is 2.30 bits per heavy atom. The molecule has 3 N–H and O–H groups in total. The van der Waals surface area contributed by atoms with Gasteiger partial charge in [-0.3, -0.25) is 9.48 Å². The van der Waals surface area contributed by atoms with Crippen molar-refractivity contribution in [3.05, 3.63) is 11.8 Å². The highest BCUT2D eigenvalue weighted by Gasteiger charge is 2.47. The van der Waals surface area contributed by atoms with Crippen LogP contribution < -0.4 is 11.1 Å². The lowest BCUT2D eigenvalue weighted by molar-refractivity contribution is -0.124. The Morgan fingerprint density at radius 1 is 1.55 bits per heavy atom. The van der Waals surface area contributed by atoms with Crippen molar-refractivity contribution in [2.45, 2.75) is 60.9 Å². The molecule has 2 aliphatic rings. The van der Waals surface area contributed by atoms with Crippen LogP contribution in [-0.4, -0.2) is 32.5 Å². The Morgan fingerprint density at radius 3 is 2.85 bits per heavy atom. The zero-order valence-electron chi connectivity index (χ0n) is 12.1. The van der Waals surface area contributed by atoms with Crippen molar-refractivity contribution in [2.24, 2.45) is 12.8 Å². The zero-order chi connectivity index (χ0) is 14.3. The van der Waals surface area contributed by atoms with Gasteiger partial charge in [0.2, 0.25) is 5.91 Å². The molecule has 1 aromatic rings. The van der Waals surface area contributed by atoms with Crippen LogP contribution >= 0.6 is 11.8 Å². The van der Waals surface area contributed by atoms with Crippen LogP contribution in [0.4, 0.5) is 0 Å². The minimum atomic E-state index is -0.480. The first-order chi connectivity index (χ1) is 9.48. The third-order valence-electron chi connectivity index (χ3n) is 4.25. The van der Waals surface area contributed by atoms with E-state index in [1.54, 1.807) is 0 Å². The number of rotatable bonds is 5. The van der Waals surface area contributed by atoms with Crippen LogP contribution in [0.1, 0.15) is 37.8 Å². The van der Waals surface area contributed by atoms with Crippen LogP contribution in [0.5, 0.6) is 0 Å². The molecule has 0 aromatic carbocycles. The van der Waals surface area contributed by atoms with Crippen LogP contribution in [0.15, 0.2) is 11.1 Å². The summed E-state index contributed by atoms with van der Waals surface area (Å²) in [6.07, 6.45) is 5.06. The maximum absolute atomic E-state index is 11.9. The number of nitrogens with one attached hydrogen (secondary N) is 1. The molecule has 0 spiro atoms. The molecule has 20 heavy (non-hydrogen) atoms. The topological polar surface area (TPSA) is 72.9 Å². The summed E-state index contributed by atoms with van der Waals surface area (Å²) in [4.78, 5) is 11.9. The van der Waals surface area contributed by atoms with Gasteiger partial charge in [-0.05, 0) is 45.1 Å². The molecule has 2 saturated carbocycles. The number of hydrogen-bond acceptors (Lipinski definition) is 4. The van der Waals surface area contributed by atoms with E-state index in [1.807, 2.05) is 30.4 Å². The highest BCUT2D eigenvalue weighted by molar-refractivity contribution is 7.99. The van der Waals surface area contributed by atoms with Gasteiger partial charge in [-0.2, -0.15) is 5.10 Å². The van der Waals surface area contributed by atoms with Crippen molar-refractivity contribution in [1.82, 2.24) is 15.1 Å². The van der Waals surface area contributed by atoms with E-state index in [0.717, 1.165) is 25.0 Å². The molecule has 1 heterocycles. The molecule has 110 valence electrons. The van der Waals surface area contributed by atoms with E-state index in [4.69, 9.17) is 5.73 Å². The fourth-order valence-corrected chi connectivity index (χ4v) is 4.39. The molecule has 2 aliphatic carbocycles. The number of nitrogens with zero attached hydrogens (tertiary/aromatic N) is 2. The van der Waals surface area contributed by atoms with Gasteiger partial charge in [0.1, 0.15) is 0 Å². The predicted molar refractivity (Wildman–Crippen MR) is 79.5 cm³/mol. The van der Waals surface area contributed by atoms with Crippen LogP contribution in [0, 0.1) is 6.92 Å². The number of carbonyl (C=O) groups is 1. The first-order valence-corrected chi connectivity index (χ1v) is 8.11. The van der Waals surface area contributed by atoms with E-state index in [-0.39, 0.29) is 5.91 Å². The van der Waals surface area contributed by atoms with Crippen molar-refractivity contribution in [2.75, 3.05) is 0 Å². The molecule has 1 aromatic heterocycles. The van der Waals surface area contributed by atoms with Gasteiger partial charge in [0.25, 0.3) is 0 Å². The highest BCUT2D eigenvalue weighted by Crippen LogP contribution is 2.41. The van der Waals surface area contributed by atoms with Gasteiger partial charge in [0, 0.05) is 18.3 Å². The number of thioether (sulfide) groups is 1. The largest absolute Gasteiger partial charge is 0.368 e. The minimum absolute atomic E-state index is 0.186. The van der Waals surface area contributed by atoms with Crippen LogP contribution in [0.3, 0.4) is 0 Å². The Labute approximate surface area is 123 Å². The molecule has 2 unspecified atom stereocenters. The highest BCUT2D eigenvalue weighted by atomic mass is 32.2. The third-order valence-corrected chi connectivity index (χ3v) is 5.60. The summed E-state index contributed by atoms with van der Waals surface area (Å²) in [5.41, 5.74) is 6.22. The number of carbonyl (C=O) groups excluding carboxylic acids is 1. The van der Waals surface area contributed by atoms with E-state index in [9.17, 15) is 4.79 Å². The molecular weight excluding hydrogens is 272 g/mol. The lowest BCUT2D eigenvalue weighted by atomic mass is 9.96. The van der Waals surface area contributed by atoms with Gasteiger partial charge < -0.3 is 11.1 Å². The molecule has 0 bridgehead atoms. The van der Waals surface area contributed by atoms with E-state index in [0.29, 0.717) is 11.3 Å². The standard InChI is InChI=1S/C14H22N4OS/c1-9-7-12(18(2)17-9)20-11-5-6-14(8-11,13(15)19)16-10-3-4-10/h7,10-11,16H,3-6,8H2,1-2H3,(H2,15,19). The predicted octanol–water partition coefficient (Wildman–Crippen LogP) is 1.35. The molecule has 2 fully saturated rings. The molecular formula is C14H22N4OS. The Hall–Kier alpha value is -1.01. The summed E-state index contributed by atoms with van der Waals surface area (Å²) in [5.74, 6) is -0.186. The number of aryl methyl sites for hydroxylation is 2. The SMILES string of the molecule is Cc1cc(SC2CCC(NC3CC3)(C(N)=O)C2)n(C)n1. The maximum atomic E-state index is 11.9. The third kappa shape index (κ3) is 2.72. The Balaban J connectivity index is 1.68. The second-order valence-corrected chi connectivity index (χ2v) is 7.42.